The van der Waals surface area contributed by atoms with Crippen LogP contribution in [0.25, 0.3) is 0 Å². The Hall–Kier alpha value is -0.0800. The molecule has 1 aromatic rings. The molecule has 1 aromatic carbocycles. The number of thioether (sulfide) groups is 2. The highest BCUT2D eigenvalue weighted by atomic mass is 32.2. The van der Waals surface area contributed by atoms with Crippen LogP contribution < -0.4 is 0 Å². The van der Waals surface area contributed by atoms with E-state index in [1.165, 1.54) is 47.0 Å². The Bertz CT molecular complexity index is 255. The highest BCUT2D eigenvalue weighted by molar-refractivity contribution is 8.02. The molecule has 16 heavy (non-hydrogen) atoms. The standard InChI is InChI=1S/C14H22S2/c1-3-5-11-15-13-9-7-8-10-14(13)16-12-6-4-2/h7-10H,3-6,11-12H2,1-2H3. The second-order valence-electron chi connectivity index (χ2n) is 3.85. The summed E-state index contributed by atoms with van der Waals surface area (Å²) in [6.45, 7) is 4.50. The van der Waals surface area contributed by atoms with Crippen LogP contribution >= 0.6 is 23.5 Å². The minimum atomic E-state index is 1.25. The number of hydrogen-bond acceptors (Lipinski definition) is 2. The topological polar surface area (TPSA) is 0 Å². The van der Waals surface area contributed by atoms with E-state index in [1.807, 2.05) is 23.5 Å². The molecule has 0 saturated heterocycles. The van der Waals surface area contributed by atoms with Gasteiger partial charge >= 0.3 is 0 Å². The Kier molecular flexibility index (Phi) is 7.87. The number of benzene rings is 1. The van der Waals surface area contributed by atoms with Gasteiger partial charge in [0.2, 0.25) is 0 Å². The zero-order valence-electron chi connectivity index (χ0n) is 10.4. The van der Waals surface area contributed by atoms with Gasteiger partial charge in [-0.15, -0.1) is 23.5 Å². The van der Waals surface area contributed by atoms with Crippen molar-refractivity contribution in [2.75, 3.05) is 11.5 Å². The third-order valence-electron chi connectivity index (χ3n) is 2.36. The van der Waals surface area contributed by atoms with Crippen molar-refractivity contribution in [3.8, 4) is 0 Å². The highest BCUT2D eigenvalue weighted by Crippen LogP contribution is 2.31. The molecule has 0 aliphatic rings. The molecule has 0 amide bonds. The molecule has 0 nitrogen and oxygen atoms in total. The van der Waals surface area contributed by atoms with Crippen LogP contribution in [-0.2, 0) is 0 Å². The molecular formula is C14H22S2. The molecule has 1 rings (SSSR count). The van der Waals surface area contributed by atoms with Gasteiger partial charge in [-0.2, -0.15) is 0 Å². The van der Waals surface area contributed by atoms with Crippen molar-refractivity contribution < 1.29 is 0 Å². The number of rotatable bonds is 8. The molecule has 0 aliphatic carbocycles. The maximum absolute atomic E-state index is 2.26. The SMILES string of the molecule is CCCCSc1ccccc1SCCCC. The molecule has 0 bridgehead atoms. The molecule has 0 unspecified atom stereocenters. The number of hydrogen-bond donors (Lipinski definition) is 0. The molecule has 0 N–H and O–H groups in total. The van der Waals surface area contributed by atoms with Crippen molar-refractivity contribution in [2.24, 2.45) is 0 Å². The molecule has 90 valence electrons. The van der Waals surface area contributed by atoms with E-state index in [1.54, 1.807) is 0 Å². The lowest BCUT2D eigenvalue weighted by Gasteiger charge is -2.07. The van der Waals surface area contributed by atoms with Gasteiger partial charge in [-0.3, -0.25) is 0 Å². The van der Waals surface area contributed by atoms with Crippen LogP contribution in [-0.4, -0.2) is 11.5 Å². The molecule has 0 heterocycles. The van der Waals surface area contributed by atoms with Gasteiger partial charge in [0.15, 0.2) is 0 Å². The Morgan fingerprint density at radius 2 is 1.25 bits per heavy atom. The van der Waals surface area contributed by atoms with E-state index >= 15 is 0 Å². The summed E-state index contributed by atoms with van der Waals surface area (Å²) in [7, 11) is 0. The van der Waals surface area contributed by atoms with E-state index in [0.29, 0.717) is 0 Å². The molecule has 0 atom stereocenters. The molecule has 0 aliphatic heterocycles. The van der Waals surface area contributed by atoms with Gasteiger partial charge in [0.05, 0.1) is 0 Å². The van der Waals surface area contributed by atoms with Crippen LogP contribution in [0, 0.1) is 0 Å². The average Bonchev–Trinajstić information content (AvgIpc) is 2.32. The summed E-state index contributed by atoms with van der Waals surface area (Å²) < 4.78 is 0. The summed E-state index contributed by atoms with van der Waals surface area (Å²) >= 11 is 4.02. The molecular weight excluding hydrogens is 232 g/mol. The largest absolute Gasteiger partial charge is 0.125 e. The van der Waals surface area contributed by atoms with Crippen molar-refractivity contribution in [1.29, 1.82) is 0 Å². The van der Waals surface area contributed by atoms with E-state index in [2.05, 4.69) is 38.1 Å². The summed E-state index contributed by atoms with van der Waals surface area (Å²) in [6.07, 6.45) is 5.22. The minimum absolute atomic E-state index is 1.25. The van der Waals surface area contributed by atoms with Crippen LogP contribution in [0.1, 0.15) is 39.5 Å². The van der Waals surface area contributed by atoms with Gasteiger partial charge in [0.25, 0.3) is 0 Å². The molecule has 0 spiro atoms. The summed E-state index contributed by atoms with van der Waals surface area (Å²) in [5.41, 5.74) is 0. The zero-order valence-corrected chi connectivity index (χ0v) is 12.0. The monoisotopic (exact) mass is 254 g/mol. The fourth-order valence-electron chi connectivity index (χ4n) is 1.34. The van der Waals surface area contributed by atoms with E-state index in [0.717, 1.165) is 0 Å². The van der Waals surface area contributed by atoms with Gasteiger partial charge in [0, 0.05) is 9.79 Å². The van der Waals surface area contributed by atoms with Gasteiger partial charge in [0.1, 0.15) is 0 Å². The first-order valence-electron chi connectivity index (χ1n) is 6.23. The van der Waals surface area contributed by atoms with Crippen molar-refractivity contribution in [3.05, 3.63) is 24.3 Å². The van der Waals surface area contributed by atoms with E-state index < -0.39 is 0 Å². The minimum Gasteiger partial charge on any atom is -0.125 e. The van der Waals surface area contributed by atoms with E-state index in [9.17, 15) is 0 Å². The van der Waals surface area contributed by atoms with Crippen molar-refractivity contribution in [3.63, 3.8) is 0 Å². The Morgan fingerprint density at radius 1 is 0.812 bits per heavy atom. The first-order chi connectivity index (χ1) is 7.88. The van der Waals surface area contributed by atoms with Crippen molar-refractivity contribution in [2.45, 2.75) is 49.3 Å². The molecule has 0 radical (unpaired) electrons. The predicted octanol–water partition coefficient (Wildman–Crippen LogP) is 5.47. The molecule has 0 saturated carbocycles. The van der Waals surface area contributed by atoms with Crippen LogP contribution in [0.15, 0.2) is 34.1 Å². The fourth-order valence-corrected chi connectivity index (χ4v) is 3.77. The zero-order chi connectivity index (χ0) is 11.6. The third-order valence-corrected chi connectivity index (χ3v) is 4.81. The fraction of sp³-hybridized carbons (Fsp3) is 0.571. The molecule has 0 aromatic heterocycles. The van der Waals surface area contributed by atoms with Crippen molar-refractivity contribution >= 4 is 23.5 Å². The third kappa shape index (κ3) is 5.31. The van der Waals surface area contributed by atoms with Crippen LogP contribution in [0.2, 0.25) is 0 Å². The second kappa shape index (κ2) is 9.00. The highest BCUT2D eigenvalue weighted by Gasteiger charge is 2.02. The predicted molar refractivity (Wildman–Crippen MR) is 77.7 cm³/mol. The lowest BCUT2D eigenvalue weighted by molar-refractivity contribution is 0.893. The average molecular weight is 254 g/mol. The Labute approximate surface area is 109 Å². The quantitative estimate of drug-likeness (QED) is 0.445. The van der Waals surface area contributed by atoms with Crippen LogP contribution in [0.3, 0.4) is 0 Å². The first-order valence-corrected chi connectivity index (χ1v) is 8.20. The lowest BCUT2D eigenvalue weighted by Crippen LogP contribution is -1.84. The van der Waals surface area contributed by atoms with Crippen LogP contribution in [0.5, 0.6) is 0 Å². The summed E-state index contributed by atoms with van der Waals surface area (Å²) in [5, 5.41) is 0. The van der Waals surface area contributed by atoms with Gasteiger partial charge < -0.3 is 0 Å². The Balaban J connectivity index is 2.46. The molecule has 0 fully saturated rings. The van der Waals surface area contributed by atoms with Gasteiger partial charge in [-0.25, -0.2) is 0 Å². The summed E-state index contributed by atoms with van der Waals surface area (Å²) in [5.74, 6) is 2.50. The first kappa shape index (κ1) is 14.0. The maximum Gasteiger partial charge on any atom is 0.0208 e. The van der Waals surface area contributed by atoms with Gasteiger partial charge in [-0.05, 0) is 36.5 Å². The Morgan fingerprint density at radius 3 is 1.62 bits per heavy atom. The lowest BCUT2D eigenvalue weighted by atomic mass is 10.4. The maximum atomic E-state index is 2.26. The summed E-state index contributed by atoms with van der Waals surface area (Å²) in [4.78, 5) is 2.94. The van der Waals surface area contributed by atoms with Crippen LogP contribution in [0.4, 0.5) is 0 Å². The van der Waals surface area contributed by atoms with Gasteiger partial charge in [-0.1, -0.05) is 38.8 Å². The molecule has 2 heteroatoms. The van der Waals surface area contributed by atoms with E-state index in [4.69, 9.17) is 0 Å². The normalized spacial score (nSPS) is 10.6. The smallest absolute Gasteiger partial charge is 0.0208 e. The summed E-state index contributed by atoms with van der Waals surface area (Å²) in [6, 6.07) is 8.82. The van der Waals surface area contributed by atoms with Crippen molar-refractivity contribution in [1.82, 2.24) is 0 Å². The second-order valence-corrected chi connectivity index (χ2v) is 6.12. The van der Waals surface area contributed by atoms with E-state index in [-0.39, 0.29) is 0 Å². The number of unbranched alkanes of at least 4 members (excludes halogenated alkanes) is 2.